The molecule has 0 aromatic heterocycles. The Morgan fingerprint density at radius 3 is 2.88 bits per heavy atom. The Hall–Kier alpha value is -0.580. The molecule has 0 aliphatic rings. The number of hydrogen-bond donors (Lipinski definition) is 2. The van der Waals surface area contributed by atoms with E-state index in [1.165, 1.54) is 0 Å². The van der Waals surface area contributed by atoms with Gasteiger partial charge >= 0.3 is 0 Å². The van der Waals surface area contributed by atoms with Gasteiger partial charge in [-0.05, 0) is 38.0 Å². The van der Waals surface area contributed by atoms with E-state index in [0.717, 1.165) is 22.2 Å². The minimum absolute atomic E-state index is 0.0915. The molecule has 0 saturated heterocycles. The minimum Gasteiger partial charge on any atom is -0.494 e. The molecule has 0 spiro atoms. The largest absolute Gasteiger partial charge is 0.494 e. The summed E-state index contributed by atoms with van der Waals surface area (Å²) in [6.45, 7) is 2.75. The lowest BCUT2D eigenvalue weighted by atomic mass is 10.0. The summed E-state index contributed by atoms with van der Waals surface area (Å²) in [5, 5.41) is 8.79. The van der Waals surface area contributed by atoms with Gasteiger partial charge in [0.15, 0.2) is 0 Å². The minimum atomic E-state index is -0.0915. The van der Waals surface area contributed by atoms with Crippen LogP contribution in [0.5, 0.6) is 5.75 Å². The zero-order valence-corrected chi connectivity index (χ0v) is 11.0. The molecule has 3 N–H and O–H groups in total. The van der Waals surface area contributed by atoms with E-state index in [-0.39, 0.29) is 12.6 Å². The third kappa shape index (κ3) is 3.77. The van der Waals surface area contributed by atoms with Crippen LogP contribution in [0, 0.1) is 0 Å². The van der Waals surface area contributed by atoms with Crippen LogP contribution in [-0.4, -0.2) is 18.3 Å². The zero-order valence-electron chi connectivity index (χ0n) is 9.45. The molecule has 1 rings (SSSR count). The quantitative estimate of drug-likeness (QED) is 0.846. The molecule has 1 atom stereocenters. The number of hydrogen-bond acceptors (Lipinski definition) is 3. The lowest BCUT2D eigenvalue weighted by molar-refractivity contribution is 0.278. The standard InChI is InChI=1S/C12H18BrNO2/c1-2-16-12-6-5-9(13)8-10(12)11(14)4-3-7-15/h5-6,8,11,15H,2-4,7,14H2,1H3/t11-/m1/s1. The highest BCUT2D eigenvalue weighted by Crippen LogP contribution is 2.29. The average Bonchev–Trinajstić information content (AvgIpc) is 2.28. The number of rotatable bonds is 6. The Balaban J connectivity index is 2.85. The molecule has 0 unspecified atom stereocenters. The maximum atomic E-state index is 8.79. The fourth-order valence-corrected chi connectivity index (χ4v) is 1.94. The predicted octanol–water partition coefficient (Wildman–Crippen LogP) is 2.62. The van der Waals surface area contributed by atoms with Gasteiger partial charge in [-0.25, -0.2) is 0 Å². The fraction of sp³-hybridized carbons (Fsp3) is 0.500. The van der Waals surface area contributed by atoms with Crippen LogP contribution in [0.3, 0.4) is 0 Å². The van der Waals surface area contributed by atoms with Crippen LogP contribution in [0.2, 0.25) is 0 Å². The first-order valence-corrected chi connectivity index (χ1v) is 6.27. The maximum absolute atomic E-state index is 8.79. The van der Waals surface area contributed by atoms with Gasteiger partial charge in [0.25, 0.3) is 0 Å². The molecule has 1 aromatic rings. The second-order valence-corrected chi connectivity index (χ2v) is 4.50. The summed E-state index contributed by atoms with van der Waals surface area (Å²) < 4.78 is 6.52. The van der Waals surface area contributed by atoms with E-state index in [0.29, 0.717) is 13.0 Å². The van der Waals surface area contributed by atoms with Crippen molar-refractivity contribution in [1.82, 2.24) is 0 Å². The SMILES string of the molecule is CCOc1ccc(Br)cc1[C@H](N)CCCO. The van der Waals surface area contributed by atoms with Crippen LogP contribution in [0.4, 0.5) is 0 Å². The summed E-state index contributed by atoms with van der Waals surface area (Å²) >= 11 is 3.42. The smallest absolute Gasteiger partial charge is 0.124 e. The van der Waals surface area contributed by atoms with Crippen LogP contribution in [0.15, 0.2) is 22.7 Å². The molecule has 0 radical (unpaired) electrons. The number of ether oxygens (including phenoxy) is 1. The Morgan fingerprint density at radius 2 is 2.25 bits per heavy atom. The molecule has 90 valence electrons. The van der Waals surface area contributed by atoms with Gasteiger partial charge in [0, 0.05) is 22.7 Å². The first-order chi connectivity index (χ1) is 7.69. The lowest BCUT2D eigenvalue weighted by Crippen LogP contribution is -2.12. The number of halogens is 1. The maximum Gasteiger partial charge on any atom is 0.124 e. The van der Waals surface area contributed by atoms with Gasteiger partial charge < -0.3 is 15.6 Å². The van der Waals surface area contributed by atoms with Gasteiger partial charge in [0.2, 0.25) is 0 Å². The van der Waals surface area contributed by atoms with Crippen molar-refractivity contribution in [2.24, 2.45) is 5.73 Å². The van der Waals surface area contributed by atoms with Gasteiger partial charge in [0.1, 0.15) is 5.75 Å². The van der Waals surface area contributed by atoms with E-state index in [1.54, 1.807) is 0 Å². The van der Waals surface area contributed by atoms with Crippen LogP contribution in [0.25, 0.3) is 0 Å². The number of aliphatic hydroxyl groups excluding tert-OH is 1. The van der Waals surface area contributed by atoms with Crippen LogP contribution in [-0.2, 0) is 0 Å². The molecule has 16 heavy (non-hydrogen) atoms. The molecular weight excluding hydrogens is 270 g/mol. The molecule has 0 aliphatic carbocycles. The zero-order chi connectivity index (χ0) is 12.0. The van der Waals surface area contributed by atoms with E-state index in [4.69, 9.17) is 15.6 Å². The highest BCUT2D eigenvalue weighted by atomic mass is 79.9. The molecule has 0 amide bonds. The van der Waals surface area contributed by atoms with Crippen molar-refractivity contribution in [3.8, 4) is 5.75 Å². The molecule has 4 heteroatoms. The molecule has 3 nitrogen and oxygen atoms in total. The summed E-state index contributed by atoms with van der Waals surface area (Å²) in [6, 6.07) is 5.74. The molecule has 0 heterocycles. The van der Waals surface area contributed by atoms with E-state index in [1.807, 2.05) is 25.1 Å². The average molecular weight is 288 g/mol. The first kappa shape index (κ1) is 13.5. The van der Waals surface area contributed by atoms with E-state index >= 15 is 0 Å². The molecule has 0 saturated carbocycles. The molecule has 0 fully saturated rings. The first-order valence-electron chi connectivity index (χ1n) is 5.47. The second kappa shape index (κ2) is 6.89. The Kier molecular flexibility index (Phi) is 5.80. The van der Waals surface area contributed by atoms with Crippen molar-refractivity contribution in [3.05, 3.63) is 28.2 Å². The van der Waals surface area contributed by atoms with Crippen molar-refractivity contribution < 1.29 is 9.84 Å². The van der Waals surface area contributed by atoms with E-state index in [2.05, 4.69) is 15.9 Å². The van der Waals surface area contributed by atoms with Crippen LogP contribution < -0.4 is 10.5 Å². The normalized spacial score (nSPS) is 12.5. The fourth-order valence-electron chi connectivity index (χ4n) is 1.56. The van der Waals surface area contributed by atoms with Crippen LogP contribution >= 0.6 is 15.9 Å². The number of aliphatic hydroxyl groups is 1. The summed E-state index contributed by atoms with van der Waals surface area (Å²) in [6.07, 6.45) is 1.46. The van der Waals surface area contributed by atoms with E-state index < -0.39 is 0 Å². The Morgan fingerprint density at radius 1 is 1.50 bits per heavy atom. The molecular formula is C12H18BrNO2. The second-order valence-electron chi connectivity index (χ2n) is 3.59. The summed E-state index contributed by atoms with van der Waals surface area (Å²) in [7, 11) is 0. The summed E-state index contributed by atoms with van der Waals surface area (Å²) in [5.41, 5.74) is 7.06. The highest BCUT2D eigenvalue weighted by molar-refractivity contribution is 9.10. The Labute approximate surface area is 105 Å². The van der Waals surface area contributed by atoms with Crippen molar-refractivity contribution in [2.45, 2.75) is 25.8 Å². The Bertz CT molecular complexity index is 331. The van der Waals surface area contributed by atoms with Gasteiger partial charge in [-0.3, -0.25) is 0 Å². The molecule has 1 aromatic carbocycles. The van der Waals surface area contributed by atoms with Crippen molar-refractivity contribution in [3.63, 3.8) is 0 Å². The van der Waals surface area contributed by atoms with Gasteiger partial charge in [-0.2, -0.15) is 0 Å². The van der Waals surface area contributed by atoms with Crippen LogP contribution in [0.1, 0.15) is 31.4 Å². The third-order valence-corrected chi connectivity index (χ3v) is 2.84. The van der Waals surface area contributed by atoms with E-state index in [9.17, 15) is 0 Å². The van der Waals surface area contributed by atoms with Gasteiger partial charge in [-0.1, -0.05) is 15.9 Å². The summed E-state index contributed by atoms with van der Waals surface area (Å²) in [5.74, 6) is 0.830. The van der Waals surface area contributed by atoms with Gasteiger partial charge in [0.05, 0.1) is 6.61 Å². The summed E-state index contributed by atoms with van der Waals surface area (Å²) in [4.78, 5) is 0. The number of benzene rings is 1. The highest BCUT2D eigenvalue weighted by Gasteiger charge is 2.12. The van der Waals surface area contributed by atoms with Crippen molar-refractivity contribution in [1.29, 1.82) is 0 Å². The monoisotopic (exact) mass is 287 g/mol. The molecule has 0 aliphatic heterocycles. The third-order valence-electron chi connectivity index (χ3n) is 2.34. The predicted molar refractivity (Wildman–Crippen MR) is 68.6 cm³/mol. The van der Waals surface area contributed by atoms with Gasteiger partial charge in [-0.15, -0.1) is 0 Å². The lowest BCUT2D eigenvalue weighted by Gasteiger charge is -2.16. The van der Waals surface area contributed by atoms with Crippen molar-refractivity contribution >= 4 is 15.9 Å². The van der Waals surface area contributed by atoms with Crippen molar-refractivity contribution in [2.75, 3.05) is 13.2 Å². The topological polar surface area (TPSA) is 55.5 Å². The molecule has 0 bridgehead atoms. The number of nitrogens with two attached hydrogens (primary N) is 1.